The fourth-order valence-electron chi connectivity index (χ4n) is 1.15. The summed E-state index contributed by atoms with van der Waals surface area (Å²) in [4.78, 5) is 22.7. The van der Waals surface area contributed by atoms with Crippen molar-refractivity contribution in [2.75, 3.05) is 7.05 Å². The zero-order valence-electron chi connectivity index (χ0n) is 8.78. The molecule has 15 heavy (non-hydrogen) atoms. The molecule has 0 saturated carbocycles. The van der Waals surface area contributed by atoms with E-state index >= 15 is 0 Å². The number of likely N-dealkylation sites (N-methyl/N-ethyl adjacent to an activating group) is 1. The molecule has 1 aromatic rings. The third kappa shape index (κ3) is 3.09. The zero-order chi connectivity index (χ0) is 11.3. The second kappa shape index (κ2) is 5.14. The minimum atomic E-state index is -0.525. The predicted molar refractivity (Wildman–Crippen MR) is 57.4 cm³/mol. The van der Waals surface area contributed by atoms with Crippen LogP contribution in [0.4, 0.5) is 0 Å². The minimum Gasteiger partial charge on any atom is -0.357 e. The summed E-state index contributed by atoms with van der Waals surface area (Å²) in [7, 11) is 1.54. The van der Waals surface area contributed by atoms with Gasteiger partial charge in [-0.15, -0.1) is 0 Å². The Morgan fingerprint density at radius 3 is 2.33 bits per heavy atom. The largest absolute Gasteiger partial charge is 0.357 e. The third-order valence-electron chi connectivity index (χ3n) is 2.02. The Morgan fingerprint density at radius 2 is 1.80 bits per heavy atom. The van der Waals surface area contributed by atoms with Crippen molar-refractivity contribution < 1.29 is 9.59 Å². The van der Waals surface area contributed by atoms with Crippen molar-refractivity contribution >= 4 is 11.8 Å². The van der Waals surface area contributed by atoms with Crippen molar-refractivity contribution in [2.24, 2.45) is 0 Å². The number of hydrogen-bond acceptors (Lipinski definition) is 2. The molecular weight excluding hydrogens is 192 g/mol. The molecule has 2 amide bonds. The Labute approximate surface area is 88.7 Å². The van der Waals surface area contributed by atoms with E-state index in [9.17, 15) is 9.59 Å². The second-order valence-corrected chi connectivity index (χ2v) is 3.18. The molecule has 4 heteroatoms. The lowest BCUT2D eigenvalue weighted by Gasteiger charge is -2.11. The van der Waals surface area contributed by atoms with E-state index in [0.29, 0.717) is 5.56 Å². The van der Waals surface area contributed by atoms with Gasteiger partial charge in [-0.05, 0) is 19.1 Å². The van der Waals surface area contributed by atoms with Gasteiger partial charge in [0.2, 0.25) is 5.91 Å². The third-order valence-corrected chi connectivity index (χ3v) is 2.02. The number of nitrogens with one attached hydrogen (secondary N) is 2. The first-order valence-electron chi connectivity index (χ1n) is 4.72. The lowest BCUT2D eigenvalue weighted by Crippen LogP contribution is -2.43. The monoisotopic (exact) mass is 206 g/mol. The molecule has 0 aromatic heterocycles. The van der Waals surface area contributed by atoms with Gasteiger partial charge in [-0.2, -0.15) is 0 Å². The maximum atomic E-state index is 11.6. The fourth-order valence-corrected chi connectivity index (χ4v) is 1.15. The molecule has 0 fully saturated rings. The molecule has 0 aliphatic carbocycles. The van der Waals surface area contributed by atoms with E-state index in [1.165, 1.54) is 7.05 Å². The zero-order valence-corrected chi connectivity index (χ0v) is 8.78. The summed E-state index contributed by atoms with van der Waals surface area (Å²) < 4.78 is 0. The van der Waals surface area contributed by atoms with Crippen LogP contribution >= 0.6 is 0 Å². The number of carbonyl (C=O) groups is 2. The van der Waals surface area contributed by atoms with Crippen molar-refractivity contribution in [2.45, 2.75) is 13.0 Å². The van der Waals surface area contributed by atoms with Gasteiger partial charge in [0.05, 0.1) is 0 Å². The van der Waals surface area contributed by atoms with E-state index < -0.39 is 6.04 Å². The van der Waals surface area contributed by atoms with Gasteiger partial charge in [0.1, 0.15) is 6.04 Å². The van der Waals surface area contributed by atoms with Gasteiger partial charge in [0.15, 0.2) is 0 Å². The summed E-state index contributed by atoms with van der Waals surface area (Å²) in [5, 5.41) is 5.06. The molecule has 1 aromatic carbocycles. The lowest BCUT2D eigenvalue weighted by molar-refractivity contribution is -0.122. The van der Waals surface area contributed by atoms with Gasteiger partial charge in [-0.25, -0.2) is 0 Å². The Hall–Kier alpha value is -1.84. The van der Waals surface area contributed by atoms with Crippen LogP contribution < -0.4 is 10.6 Å². The fraction of sp³-hybridized carbons (Fsp3) is 0.273. The Bertz CT molecular complexity index is 349. The molecule has 1 rings (SSSR count). The SMILES string of the molecule is CNC(=O)[C@H](C)NC(=O)c1ccccc1. The number of amides is 2. The summed E-state index contributed by atoms with van der Waals surface area (Å²) >= 11 is 0. The molecule has 0 spiro atoms. The average Bonchev–Trinajstić information content (AvgIpc) is 2.29. The molecule has 0 unspecified atom stereocenters. The molecule has 80 valence electrons. The van der Waals surface area contributed by atoms with Crippen LogP contribution in [-0.2, 0) is 4.79 Å². The molecule has 2 N–H and O–H groups in total. The standard InChI is InChI=1S/C11H14N2O2/c1-8(10(14)12-2)13-11(15)9-6-4-3-5-7-9/h3-8H,1-2H3,(H,12,14)(H,13,15)/t8-/m0/s1. The number of carbonyl (C=O) groups excluding carboxylic acids is 2. The van der Waals surface area contributed by atoms with Gasteiger partial charge < -0.3 is 10.6 Å². The Balaban J connectivity index is 2.61. The van der Waals surface area contributed by atoms with Gasteiger partial charge >= 0.3 is 0 Å². The van der Waals surface area contributed by atoms with Crippen LogP contribution in [0.2, 0.25) is 0 Å². The predicted octanol–water partition coefficient (Wildman–Crippen LogP) is 0.551. The summed E-state index contributed by atoms with van der Waals surface area (Å²) in [5.74, 6) is -0.453. The van der Waals surface area contributed by atoms with Crippen LogP contribution in [0.25, 0.3) is 0 Å². The van der Waals surface area contributed by atoms with Crippen molar-refractivity contribution in [1.82, 2.24) is 10.6 Å². The number of benzene rings is 1. The van der Waals surface area contributed by atoms with Crippen LogP contribution in [0, 0.1) is 0 Å². The summed E-state index contributed by atoms with van der Waals surface area (Å²) in [6.45, 7) is 1.64. The number of rotatable bonds is 3. The summed E-state index contributed by atoms with van der Waals surface area (Å²) in [6, 6.07) is 8.26. The molecule has 1 atom stereocenters. The van der Waals surface area contributed by atoms with Crippen LogP contribution in [0.15, 0.2) is 30.3 Å². The van der Waals surface area contributed by atoms with Crippen molar-refractivity contribution in [3.63, 3.8) is 0 Å². The molecular formula is C11H14N2O2. The van der Waals surface area contributed by atoms with Crippen LogP contribution in [0.1, 0.15) is 17.3 Å². The normalized spacial score (nSPS) is 11.6. The highest BCUT2D eigenvalue weighted by Gasteiger charge is 2.14. The van der Waals surface area contributed by atoms with E-state index in [-0.39, 0.29) is 11.8 Å². The van der Waals surface area contributed by atoms with E-state index in [1.807, 2.05) is 6.07 Å². The topological polar surface area (TPSA) is 58.2 Å². The maximum Gasteiger partial charge on any atom is 0.251 e. The first-order valence-corrected chi connectivity index (χ1v) is 4.72. The van der Waals surface area contributed by atoms with Crippen LogP contribution in [0.5, 0.6) is 0 Å². The van der Waals surface area contributed by atoms with Crippen molar-refractivity contribution in [3.8, 4) is 0 Å². The lowest BCUT2D eigenvalue weighted by atomic mass is 10.2. The molecule has 0 aliphatic heterocycles. The first-order chi connectivity index (χ1) is 7.15. The van der Waals surface area contributed by atoms with E-state index in [2.05, 4.69) is 10.6 Å². The average molecular weight is 206 g/mol. The van der Waals surface area contributed by atoms with Gasteiger partial charge in [-0.3, -0.25) is 9.59 Å². The first kappa shape index (κ1) is 11.2. The smallest absolute Gasteiger partial charge is 0.251 e. The molecule has 0 aliphatic rings. The maximum absolute atomic E-state index is 11.6. The summed E-state index contributed by atoms with van der Waals surface area (Å²) in [5.41, 5.74) is 0.549. The molecule has 0 radical (unpaired) electrons. The second-order valence-electron chi connectivity index (χ2n) is 3.18. The van der Waals surface area contributed by atoms with Gasteiger partial charge in [-0.1, -0.05) is 18.2 Å². The quantitative estimate of drug-likeness (QED) is 0.758. The van der Waals surface area contributed by atoms with Gasteiger partial charge in [0, 0.05) is 12.6 Å². The highest BCUT2D eigenvalue weighted by molar-refractivity contribution is 5.97. The molecule has 4 nitrogen and oxygen atoms in total. The molecule has 0 heterocycles. The molecule has 0 saturated heterocycles. The van der Waals surface area contributed by atoms with Gasteiger partial charge in [0.25, 0.3) is 5.91 Å². The van der Waals surface area contributed by atoms with Crippen molar-refractivity contribution in [1.29, 1.82) is 0 Å². The van der Waals surface area contributed by atoms with E-state index in [4.69, 9.17) is 0 Å². The van der Waals surface area contributed by atoms with E-state index in [0.717, 1.165) is 0 Å². The molecule has 0 bridgehead atoms. The Kier molecular flexibility index (Phi) is 3.85. The number of hydrogen-bond donors (Lipinski definition) is 2. The van der Waals surface area contributed by atoms with Crippen LogP contribution in [-0.4, -0.2) is 24.9 Å². The minimum absolute atomic E-state index is 0.209. The summed E-state index contributed by atoms with van der Waals surface area (Å²) in [6.07, 6.45) is 0. The highest BCUT2D eigenvalue weighted by Crippen LogP contribution is 1.98. The highest BCUT2D eigenvalue weighted by atomic mass is 16.2. The van der Waals surface area contributed by atoms with Crippen molar-refractivity contribution in [3.05, 3.63) is 35.9 Å². The van der Waals surface area contributed by atoms with Crippen LogP contribution in [0.3, 0.4) is 0 Å². The van der Waals surface area contributed by atoms with E-state index in [1.54, 1.807) is 31.2 Å². The Morgan fingerprint density at radius 1 is 1.20 bits per heavy atom.